The van der Waals surface area contributed by atoms with Crippen LogP contribution in [0.4, 0.5) is 0 Å². The van der Waals surface area contributed by atoms with E-state index in [1.807, 2.05) is 37.3 Å². The van der Waals surface area contributed by atoms with Crippen molar-refractivity contribution in [3.8, 4) is 5.75 Å². The van der Waals surface area contributed by atoms with E-state index >= 15 is 0 Å². The van der Waals surface area contributed by atoms with Crippen molar-refractivity contribution in [3.05, 3.63) is 65.7 Å². The van der Waals surface area contributed by atoms with E-state index in [0.29, 0.717) is 5.75 Å². The largest absolute Gasteiger partial charge is 0.484 e. The van der Waals surface area contributed by atoms with E-state index in [1.165, 1.54) is 12.6 Å². The molecule has 1 aliphatic rings. The maximum absolute atomic E-state index is 12.1. The summed E-state index contributed by atoms with van der Waals surface area (Å²) in [6.07, 6.45) is 6.63. The van der Waals surface area contributed by atoms with Crippen molar-refractivity contribution in [2.24, 2.45) is 5.10 Å². The van der Waals surface area contributed by atoms with Crippen molar-refractivity contribution in [1.29, 1.82) is 0 Å². The number of ether oxygens (including phenoxy) is 1. The third-order valence-corrected chi connectivity index (χ3v) is 5.62. The van der Waals surface area contributed by atoms with Crippen molar-refractivity contribution >= 4 is 23.9 Å². The molecule has 8 heteroatoms. The van der Waals surface area contributed by atoms with Crippen molar-refractivity contribution in [3.63, 3.8) is 0 Å². The maximum atomic E-state index is 12.1. The molecule has 0 aliphatic heterocycles. The van der Waals surface area contributed by atoms with E-state index in [-0.39, 0.29) is 36.9 Å². The van der Waals surface area contributed by atoms with Gasteiger partial charge in [-0.05, 0) is 55.2 Å². The van der Waals surface area contributed by atoms with Crippen LogP contribution in [-0.2, 0) is 14.4 Å². The first kappa shape index (κ1) is 25.0. The molecule has 2 aromatic rings. The van der Waals surface area contributed by atoms with Crippen LogP contribution in [0.2, 0.25) is 0 Å². The van der Waals surface area contributed by atoms with Crippen LogP contribution in [0.3, 0.4) is 0 Å². The molecular weight excluding hydrogens is 432 g/mol. The molecule has 1 aliphatic carbocycles. The van der Waals surface area contributed by atoms with Crippen LogP contribution >= 0.6 is 0 Å². The van der Waals surface area contributed by atoms with Crippen molar-refractivity contribution in [1.82, 2.24) is 16.1 Å². The van der Waals surface area contributed by atoms with Gasteiger partial charge in [0.25, 0.3) is 5.91 Å². The highest BCUT2D eigenvalue weighted by Gasteiger charge is 2.17. The Hall–Kier alpha value is -3.68. The second-order valence-electron chi connectivity index (χ2n) is 8.43. The summed E-state index contributed by atoms with van der Waals surface area (Å²) < 4.78 is 5.54. The summed E-state index contributed by atoms with van der Waals surface area (Å²) in [5.41, 5.74) is 4.13. The first-order valence-corrected chi connectivity index (χ1v) is 11.7. The summed E-state index contributed by atoms with van der Waals surface area (Å²) >= 11 is 0. The van der Waals surface area contributed by atoms with E-state index < -0.39 is 5.91 Å². The molecule has 34 heavy (non-hydrogen) atoms. The zero-order chi connectivity index (χ0) is 24.2. The number of nitrogens with one attached hydrogen (secondary N) is 3. The molecule has 0 saturated heterocycles. The molecule has 0 bridgehead atoms. The van der Waals surface area contributed by atoms with Gasteiger partial charge < -0.3 is 15.4 Å². The molecule has 0 radical (unpaired) electrons. The zero-order valence-electron chi connectivity index (χ0n) is 19.5. The van der Waals surface area contributed by atoms with Gasteiger partial charge in [0.1, 0.15) is 12.2 Å². The van der Waals surface area contributed by atoms with Crippen LogP contribution < -0.4 is 20.8 Å². The van der Waals surface area contributed by atoms with Gasteiger partial charge in [0.2, 0.25) is 11.8 Å². The molecule has 1 saturated carbocycles. The number of carbonyl (C=O) groups excluding carboxylic acids is 3. The Bertz CT molecular complexity index is 970. The number of hydrogen-bond donors (Lipinski definition) is 3. The molecular formula is C26H32N4O4. The second kappa shape index (κ2) is 13.1. The summed E-state index contributed by atoms with van der Waals surface area (Å²) in [6, 6.07) is 16.7. The summed E-state index contributed by atoms with van der Waals surface area (Å²) in [5, 5.41) is 9.70. The van der Waals surface area contributed by atoms with Crippen molar-refractivity contribution < 1.29 is 19.1 Å². The molecule has 3 amide bonds. The lowest BCUT2D eigenvalue weighted by Gasteiger charge is -2.22. The monoisotopic (exact) mass is 464 g/mol. The van der Waals surface area contributed by atoms with Gasteiger partial charge in [-0.2, -0.15) is 5.10 Å². The minimum Gasteiger partial charge on any atom is -0.484 e. The first-order chi connectivity index (χ1) is 16.5. The fourth-order valence-corrected chi connectivity index (χ4v) is 3.80. The van der Waals surface area contributed by atoms with Gasteiger partial charge in [0, 0.05) is 6.04 Å². The maximum Gasteiger partial charge on any atom is 0.258 e. The minimum absolute atomic E-state index is 0.0937. The van der Waals surface area contributed by atoms with Crippen LogP contribution in [-0.4, -0.2) is 36.6 Å². The molecule has 180 valence electrons. The predicted octanol–water partition coefficient (Wildman–Crippen LogP) is 3.23. The predicted molar refractivity (Wildman–Crippen MR) is 130 cm³/mol. The van der Waals surface area contributed by atoms with Crippen LogP contribution in [0, 0.1) is 0 Å². The first-order valence-electron chi connectivity index (χ1n) is 11.7. The molecule has 8 nitrogen and oxygen atoms in total. The molecule has 0 unspecified atom stereocenters. The van der Waals surface area contributed by atoms with Gasteiger partial charge in [0.15, 0.2) is 6.61 Å². The lowest BCUT2D eigenvalue weighted by Crippen LogP contribution is -2.38. The lowest BCUT2D eigenvalue weighted by atomic mass is 9.95. The van der Waals surface area contributed by atoms with Gasteiger partial charge in [-0.3, -0.25) is 14.4 Å². The molecule has 1 atom stereocenters. The smallest absolute Gasteiger partial charge is 0.258 e. The van der Waals surface area contributed by atoms with E-state index in [9.17, 15) is 14.4 Å². The molecule has 3 N–H and O–H groups in total. The Morgan fingerprint density at radius 3 is 2.38 bits per heavy atom. The average molecular weight is 465 g/mol. The summed E-state index contributed by atoms with van der Waals surface area (Å²) in [5.74, 6) is -0.399. The van der Waals surface area contributed by atoms with E-state index in [0.717, 1.165) is 36.8 Å². The van der Waals surface area contributed by atoms with E-state index in [1.54, 1.807) is 24.3 Å². The lowest BCUT2D eigenvalue weighted by molar-refractivity contribution is -0.129. The Kier molecular flexibility index (Phi) is 9.64. The summed E-state index contributed by atoms with van der Waals surface area (Å²) in [7, 11) is 0. The fourth-order valence-electron chi connectivity index (χ4n) is 3.80. The Morgan fingerprint density at radius 1 is 0.971 bits per heavy atom. The zero-order valence-corrected chi connectivity index (χ0v) is 19.5. The minimum atomic E-state index is -0.458. The van der Waals surface area contributed by atoms with Gasteiger partial charge in [-0.1, -0.05) is 49.6 Å². The highest BCUT2D eigenvalue weighted by molar-refractivity contribution is 5.97. The van der Waals surface area contributed by atoms with Crippen molar-refractivity contribution in [2.75, 3.05) is 6.61 Å². The number of benzene rings is 2. The molecule has 1 fully saturated rings. The molecule has 0 heterocycles. The van der Waals surface area contributed by atoms with Crippen LogP contribution in [0.1, 0.15) is 62.6 Å². The average Bonchev–Trinajstić information content (AvgIpc) is 2.84. The van der Waals surface area contributed by atoms with Gasteiger partial charge in [0.05, 0.1) is 12.3 Å². The number of carbonyl (C=O) groups is 3. The Balaban J connectivity index is 1.35. The third kappa shape index (κ3) is 8.69. The second-order valence-corrected chi connectivity index (χ2v) is 8.43. The van der Waals surface area contributed by atoms with Gasteiger partial charge in [-0.25, -0.2) is 5.43 Å². The van der Waals surface area contributed by atoms with Crippen LogP contribution in [0.5, 0.6) is 5.75 Å². The summed E-state index contributed by atoms with van der Waals surface area (Å²) in [4.78, 5) is 36.0. The van der Waals surface area contributed by atoms with E-state index in [4.69, 9.17) is 4.74 Å². The Morgan fingerprint density at radius 2 is 1.68 bits per heavy atom. The number of hydrazone groups is 1. The number of rotatable bonds is 10. The number of hydrogen-bond acceptors (Lipinski definition) is 5. The highest BCUT2D eigenvalue weighted by atomic mass is 16.5. The molecule has 3 rings (SSSR count). The SMILES string of the molecule is C[C@H](NC(=O)COc1ccc(/C=N/NC(=O)CC(=O)NC2CCCCC2)cc1)c1ccccc1. The molecule has 0 aromatic heterocycles. The van der Waals surface area contributed by atoms with Crippen molar-refractivity contribution in [2.45, 2.75) is 57.5 Å². The van der Waals surface area contributed by atoms with Gasteiger partial charge in [-0.15, -0.1) is 0 Å². The standard InChI is InChI=1S/C26H32N4O4/c1-19(21-8-4-2-5-9-21)28-26(33)18-34-23-14-12-20(13-15-23)17-27-30-25(32)16-24(31)29-22-10-6-3-7-11-22/h2,4-5,8-9,12-15,17,19,22H,3,6-7,10-11,16,18H2,1H3,(H,28,33)(H,29,31)(H,30,32)/b27-17+/t19-/m0/s1. The number of amides is 3. The quantitative estimate of drug-likeness (QED) is 0.285. The number of nitrogens with zero attached hydrogens (tertiary/aromatic N) is 1. The van der Waals surface area contributed by atoms with E-state index in [2.05, 4.69) is 21.2 Å². The molecule has 0 spiro atoms. The topological polar surface area (TPSA) is 109 Å². The molecule has 2 aromatic carbocycles. The van der Waals surface area contributed by atoms with Crippen LogP contribution in [0.25, 0.3) is 0 Å². The summed E-state index contributed by atoms with van der Waals surface area (Å²) in [6.45, 7) is 1.83. The fraction of sp³-hybridized carbons (Fsp3) is 0.385. The van der Waals surface area contributed by atoms with Gasteiger partial charge >= 0.3 is 0 Å². The normalized spacial score (nSPS) is 14.9. The Labute approximate surface area is 200 Å². The van der Waals surface area contributed by atoms with Crippen LogP contribution in [0.15, 0.2) is 59.7 Å². The third-order valence-electron chi connectivity index (χ3n) is 5.62. The highest BCUT2D eigenvalue weighted by Crippen LogP contribution is 2.17.